The Balaban J connectivity index is -0.00000129. The zero-order chi connectivity index (χ0) is 88.3. The molecule has 12 atom stereocenters. The van der Waals surface area contributed by atoms with Crippen LogP contribution in [0.1, 0.15) is 340 Å². The second-order valence-corrected chi connectivity index (χ2v) is 41.0. The van der Waals surface area contributed by atoms with Crippen LogP contribution in [-0.2, 0) is 14.2 Å². The Bertz CT molecular complexity index is 2550. The summed E-state index contributed by atoms with van der Waals surface area (Å²) in [7, 11) is 12.6. The van der Waals surface area contributed by atoms with Gasteiger partial charge in [-0.15, -0.1) is 0 Å². The Morgan fingerprint density at radius 1 is 0.313 bits per heavy atom. The first kappa shape index (κ1) is 115. The molecule has 0 saturated carbocycles. The molecule has 0 spiro atoms. The highest BCUT2D eigenvalue weighted by atomic mass is 32.2. The Kier molecular flexibility index (Phi) is 65.3. The lowest BCUT2D eigenvalue weighted by atomic mass is 9.88. The average molecular weight is 1670 g/mol. The van der Waals surface area contributed by atoms with Gasteiger partial charge < -0.3 is 67.4 Å². The SMILES string of the molecule is CC.CC.CC[C@@H]1CCCC/C=C/[C@H]1NC(=O)OC(C)(C)C.CC[C@@H]1CCCC/C=C/[C@H]1NC(=O)SC(C)(C)C.CN[C@@H]1/C=C/CCCC[C@H]1NC(=O)OC(C)(C)C.CN[C@@H]1/C=C/CCCC[C@H]1NC(=O)SC(C)(C)C.CN[C@H]1CC/C=C/CC[C@H]1NC(=O)OC(C)(C)C.CN[C@H]1CC/C=C/CC[C@H]1NC(=O)SC(C)(C)C.[B]CC. The summed E-state index contributed by atoms with van der Waals surface area (Å²) in [5.74, 6) is 1.11. The third-order valence-corrected chi connectivity index (χ3v) is 21.2. The molecule has 0 aliphatic heterocycles. The lowest BCUT2D eigenvalue weighted by Crippen LogP contribution is -2.50. The van der Waals surface area contributed by atoms with Crippen molar-refractivity contribution in [1.82, 2.24) is 53.2 Å². The standard InChI is InChI=1S/C15H27NO2.C15H27NOS.2C14H26N2O2.2C14H26N2OS.C2H5B.2C2H6/c2*1-5-12-10-8-6-7-9-11-13(12)16-14(17)18-15(2,3)4;4*1-14(2,3)18-13(17)16-12-10-8-6-5-7-9-11(12)15-4;1-2-3;2*1-2/h2*9,11-13H,5-8,10H2,1-4H3,(H,16,17);7,9,11-12,15H,5-6,8,10H2,1-4H3,(H,16,17);5-6,11-12,15H,7-10H2,1-4H3,(H,16,17);7,9,11-12,15H,5-6,8,10H2,1-4H3,(H,16,17);5-6,11-12,15H,7-10H2,1-4H3,(H,16,17);2H2,1H3;2*1-2H3/b2*11-9+;9-7+;6-5+;9-7+;6-5+;;;/t2*12-,13-;11-,12-;11-,12+;11-,12-;11-,12+;;;/m111010.../s1. The van der Waals surface area contributed by atoms with Crippen LogP contribution in [0.4, 0.5) is 28.8 Å². The molecule has 0 fully saturated rings. The monoisotopic (exact) mass is 1670 g/mol. The van der Waals surface area contributed by atoms with E-state index in [0.29, 0.717) is 23.9 Å². The number of carbonyl (C=O) groups is 6. The van der Waals surface area contributed by atoms with Crippen LogP contribution in [0.2, 0.25) is 6.32 Å². The number of allylic oxidation sites excluding steroid dienone is 8. The van der Waals surface area contributed by atoms with Gasteiger partial charge in [0.15, 0.2) is 0 Å². The smallest absolute Gasteiger partial charge is 0.408 e. The van der Waals surface area contributed by atoms with Crippen LogP contribution in [0.3, 0.4) is 0 Å². The lowest BCUT2D eigenvalue weighted by molar-refractivity contribution is 0.0479. The molecule has 115 heavy (non-hydrogen) atoms. The molecule has 2 radical (unpaired) electrons. The summed E-state index contributed by atoms with van der Waals surface area (Å²) in [5, 5.41) is 31.9. The van der Waals surface area contributed by atoms with Crippen molar-refractivity contribution >= 4 is 77.1 Å². The van der Waals surface area contributed by atoms with Gasteiger partial charge in [0, 0.05) is 56.5 Å². The van der Waals surface area contributed by atoms with Crippen LogP contribution in [0.15, 0.2) is 72.9 Å². The van der Waals surface area contributed by atoms with Crippen molar-refractivity contribution in [3.8, 4) is 0 Å². The summed E-state index contributed by atoms with van der Waals surface area (Å²) in [6, 6.07) is 2.12. The fourth-order valence-corrected chi connectivity index (χ4v) is 15.5. The van der Waals surface area contributed by atoms with Gasteiger partial charge in [0.25, 0.3) is 15.7 Å². The van der Waals surface area contributed by atoms with E-state index in [1.165, 1.54) is 93.1 Å². The van der Waals surface area contributed by atoms with Gasteiger partial charge in [0.05, 0.1) is 26.0 Å². The highest BCUT2D eigenvalue weighted by Gasteiger charge is 2.31. The van der Waals surface area contributed by atoms with Crippen LogP contribution in [0.25, 0.3) is 0 Å². The number of thioether (sulfide) groups is 3. The first-order valence-electron chi connectivity index (χ1n) is 44.3. The molecule has 668 valence electrons. The predicted molar refractivity (Wildman–Crippen MR) is 502 cm³/mol. The van der Waals surface area contributed by atoms with Crippen molar-refractivity contribution in [2.45, 2.75) is 438 Å². The molecule has 0 aromatic rings. The number of alkyl carbamates (subject to hydrolysis) is 3. The van der Waals surface area contributed by atoms with Crippen LogP contribution in [-0.4, -0.2) is 161 Å². The fourth-order valence-electron chi connectivity index (χ4n) is 13.2. The van der Waals surface area contributed by atoms with E-state index < -0.39 is 16.8 Å². The molecule has 23 heteroatoms. The van der Waals surface area contributed by atoms with Crippen molar-refractivity contribution in [1.29, 1.82) is 0 Å². The van der Waals surface area contributed by atoms with E-state index in [0.717, 1.165) is 115 Å². The molecule has 0 heterocycles. The van der Waals surface area contributed by atoms with Gasteiger partial charge in [-0.3, -0.25) is 14.4 Å². The van der Waals surface area contributed by atoms with E-state index in [1.54, 1.807) is 0 Å². The highest BCUT2D eigenvalue weighted by Crippen LogP contribution is 2.30. The Hall–Kier alpha value is -4.39. The minimum absolute atomic E-state index is 0.0167. The summed E-state index contributed by atoms with van der Waals surface area (Å²) in [4.78, 5) is 71.4. The van der Waals surface area contributed by atoms with Gasteiger partial charge in [0.1, 0.15) is 16.8 Å². The molecular formula is C92H175BN10O9S3. The van der Waals surface area contributed by atoms with Crippen LogP contribution in [0.5, 0.6) is 0 Å². The van der Waals surface area contributed by atoms with Gasteiger partial charge in [-0.1, -0.05) is 264 Å². The van der Waals surface area contributed by atoms with Gasteiger partial charge in [-0.25, -0.2) is 14.4 Å². The summed E-state index contributed by atoms with van der Waals surface area (Å²) in [6.07, 6.45) is 55.4. The van der Waals surface area contributed by atoms with Crippen molar-refractivity contribution < 1.29 is 43.0 Å². The maximum absolute atomic E-state index is 12.0. The zero-order valence-corrected chi connectivity index (χ0v) is 80.9. The second kappa shape index (κ2) is 65.4. The van der Waals surface area contributed by atoms with Crippen molar-refractivity contribution in [2.24, 2.45) is 11.8 Å². The molecule has 0 aromatic carbocycles. The maximum atomic E-state index is 12.0. The summed E-state index contributed by atoms with van der Waals surface area (Å²) in [5.41, 5.74) is -1.32. The predicted octanol–water partition coefficient (Wildman–Crippen LogP) is 23.3. The number of hydrogen-bond donors (Lipinski definition) is 10. The van der Waals surface area contributed by atoms with E-state index in [9.17, 15) is 28.8 Å². The van der Waals surface area contributed by atoms with Crippen molar-refractivity contribution in [2.75, 3.05) is 28.2 Å². The maximum Gasteiger partial charge on any atom is 0.408 e. The lowest BCUT2D eigenvalue weighted by Gasteiger charge is -2.29. The molecule has 0 saturated heterocycles. The Labute approximate surface area is 719 Å². The molecule has 0 unspecified atom stereocenters. The largest absolute Gasteiger partial charge is 0.444 e. The third kappa shape index (κ3) is 65.1. The molecule has 0 aromatic heterocycles. The third-order valence-electron chi connectivity index (χ3n) is 18.4. The van der Waals surface area contributed by atoms with Gasteiger partial charge in [-0.05, 0) is 231 Å². The first-order chi connectivity index (χ1) is 53.9. The molecule has 6 aliphatic rings. The Morgan fingerprint density at radius 2 is 0.565 bits per heavy atom. The van der Waals surface area contributed by atoms with Gasteiger partial charge >= 0.3 is 18.3 Å². The molecule has 0 bridgehead atoms. The van der Waals surface area contributed by atoms with Crippen molar-refractivity contribution in [3.05, 3.63) is 72.9 Å². The molecule has 19 nitrogen and oxygen atoms in total. The van der Waals surface area contributed by atoms with Gasteiger partial charge in [-0.2, -0.15) is 0 Å². The fraction of sp³-hybridized carbons (Fsp3) is 0.804. The zero-order valence-electron chi connectivity index (χ0n) is 78.4. The number of amides is 6. The normalized spacial score (nSPS) is 25.6. The van der Waals surface area contributed by atoms with Crippen LogP contribution in [0, 0.1) is 11.8 Å². The quantitative estimate of drug-likeness (QED) is 0.0496. The number of nitrogens with one attached hydrogen (secondary N) is 10. The molecule has 10 N–H and O–H groups in total. The summed E-state index contributed by atoms with van der Waals surface area (Å²) >= 11 is 4.14. The van der Waals surface area contributed by atoms with E-state index in [1.807, 2.05) is 125 Å². The first-order valence-corrected chi connectivity index (χ1v) is 46.7. The van der Waals surface area contributed by atoms with E-state index >= 15 is 0 Å². The Morgan fingerprint density at radius 3 is 0.861 bits per heavy atom. The number of carbonyl (C=O) groups excluding carboxylic acids is 6. The minimum Gasteiger partial charge on any atom is -0.444 e. The van der Waals surface area contributed by atoms with E-state index in [4.69, 9.17) is 22.1 Å². The average Bonchev–Trinajstić information content (AvgIpc) is 0.913. The summed E-state index contributed by atoms with van der Waals surface area (Å²) < 4.78 is 15.9. The van der Waals surface area contributed by atoms with E-state index in [2.05, 4.69) is 202 Å². The summed E-state index contributed by atoms with van der Waals surface area (Å²) in [6.45, 7) is 49.8. The number of rotatable bonds is 12. The second-order valence-electron chi connectivity index (χ2n) is 35.6. The molecule has 6 aliphatic carbocycles. The van der Waals surface area contributed by atoms with E-state index in [-0.39, 0.29) is 96.6 Å². The number of hydrogen-bond acceptors (Lipinski definition) is 16. The number of ether oxygens (including phenoxy) is 3. The highest BCUT2D eigenvalue weighted by molar-refractivity contribution is 8.15. The minimum atomic E-state index is -0.448. The molecular weight excluding hydrogens is 1500 g/mol. The number of likely N-dealkylation sites (N-methyl/N-ethyl adjacent to an activating group) is 4. The molecule has 6 rings (SSSR count). The molecule has 6 amide bonds. The van der Waals surface area contributed by atoms with Crippen LogP contribution >= 0.6 is 35.3 Å². The van der Waals surface area contributed by atoms with Crippen LogP contribution < -0.4 is 53.2 Å². The topological polar surface area (TPSA) is 250 Å². The van der Waals surface area contributed by atoms with Crippen molar-refractivity contribution in [3.63, 3.8) is 0 Å². The van der Waals surface area contributed by atoms with Gasteiger partial charge in [0.2, 0.25) is 0 Å².